The van der Waals surface area contributed by atoms with Crippen LogP contribution in [0.15, 0.2) is 48.6 Å². The highest BCUT2D eigenvalue weighted by Gasteiger charge is 2.53. The fourth-order valence-corrected chi connectivity index (χ4v) is 11.5. The number of methoxy groups -OCH3 is 2. The van der Waals surface area contributed by atoms with Crippen molar-refractivity contribution >= 4 is 12.6 Å². The average molecular weight is 573 g/mol. The van der Waals surface area contributed by atoms with Crippen molar-refractivity contribution in [3.8, 4) is 0 Å². The second-order valence-corrected chi connectivity index (χ2v) is 15.3. The summed E-state index contributed by atoms with van der Waals surface area (Å²) in [7, 11) is 3.75. The molecule has 0 amide bonds. The van der Waals surface area contributed by atoms with Gasteiger partial charge in [0.15, 0.2) is 0 Å². The lowest BCUT2D eigenvalue weighted by Crippen LogP contribution is -2.29. The summed E-state index contributed by atoms with van der Waals surface area (Å²) in [6.07, 6.45) is 34.9. The van der Waals surface area contributed by atoms with Gasteiger partial charge in [0.1, 0.15) is 12.6 Å². The number of fused-ring (bicyclic) bond motifs is 14. The molecule has 0 aromatic carbocycles. The zero-order valence-electron chi connectivity index (χ0n) is 25.7. The van der Waals surface area contributed by atoms with Gasteiger partial charge in [-0.3, -0.25) is 0 Å². The first kappa shape index (κ1) is 29.0. The van der Waals surface area contributed by atoms with E-state index in [1.165, 1.54) is 51.4 Å². The number of hydrogen-bond donors (Lipinski definition) is 0. The van der Waals surface area contributed by atoms with Crippen molar-refractivity contribution in [1.82, 2.24) is 0 Å². The normalized spacial score (nSPS) is 51.1. The van der Waals surface area contributed by atoms with E-state index in [0.29, 0.717) is 35.9 Å². The number of allylic oxidation sites excluding steroid dienone is 8. The molecule has 6 fully saturated rings. The summed E-state index contributed by atoms with van der Waals surface area (Å²) in [5, 5.41) is 0. The number of carbonyl (C=O) groups excluding carboxylic acids is 2. The van der Waals surface area contributed by atoms with Crippen molar-refractivity contribution < 1.29 is 19.1 Å². The van der Waals surface area contributed by atoms with Crippen molar-refractivity contribution in [3.05, 3.63) is 48.6 Å². The fraction of sp³-hybridized carbons (Fsp3) is 0.737. The third-order valence-corrected chi connectivity index (χ3v) is 13.5. The summed E-state index contributed by atoms with van der Waals surface area (Å²) in [4.78, 5) is 20.7. The minimum atomic E-state index is 0.361. The number of ether oxygens (including phenoxy) is 2. The molecule has 228 valence electrons. The number of hydrogen-bond acceptors (Lipinski definition) is 4. The van der Waals surface area contributed by atoms with Gasteiger partial charge in [0.2, 0.25) is 0 Å². The first-order valence-electron chi connectivity index (χ1n) is 17.3. The van der Waals surface area contributed by atoms with Crippen LogP contribution in [0.5, 0.6) is 0 Å². The number of carbonyl (C=O) groups is 2. The van der Waals surface area contributed by atoms with Gasteiger partial charge in [-0.2, -0.15) is 0 Å². The van der Waals surface area contributed by atoms with Crippen molar-refractivity contribution in [1.29, 1.82) is 0 Å². The molecule has 8 bridgehead atoms. The van der Waals surface area contributed by atoms with Gasteiger partial charge in [0.25, 0.3) is 0 Å². The molecule has 0 saturated heterocycles. The van der Waals surface area contributed by atoms with Crippen LogP contribution in [-0.4, -0.2) is 39.0 Å². The lowest BCUT2D eigenvalue weighted by atomic mass is 9.80. The molecule has 0 aliphatic heterocycles. The van der Waals surface area contributed by atoms with E-state index >= 15 is 0 Å². The third-order valence-electron chi connectivity index (χ3n) is 13.5. The van der Waals surface area contributed by atoms with Gasteiger partial charge >= 0.3 is 0 Å². The van der Waals surface area contributed by atoms with Crippen LogP contribution in [0.25, 0.3) is 0 Å². The Labute approximate surface area is 253 Å². The molecule has 0 heterocycles. The largest absolute Gasteiger partial charge is 0.381 e. The maximum atomic E-state index is 10.4. The second kappa shape index (κ2) is 12.3. The highest BCUT2D eigenvalue weighted by atomic mass is 16.5. The van der Waals surface area contributed by atoms with E-state index < -0.39 is 0 Å². The molecule has 4 nitrogen and oxygen atoms in total. The minimum Gasteiger partial charge on any atom is -0.381 e. The van der Waals surface area contributed by atoms with Crippen LogP contribution in [0.3, 0.4) is 0 Å². The Balaban J connectivity index is 0.0000000924. The quantitative estimate of drug-likeness (QED) is 0.263. The SMILES string of the molecule is COC1CC2CC1C1C=CCC21.COC1CC2CC1C1CC=CC21.O=CC1CC2C=CC1C2.O=CC1CC2C=CC1C2. The summed E-state index contributed by atoms with van der Waals surface area (Å²) in [6, 6.07) is 0. The van der Waals surface area contributed by atoms with E-state index in [1.54, 1.807) is 0 Å². The Hall–Kier alpha value is -1.78. The summed E-state index contributed by atoms with van der Waals surface area (Å²) >= 11 is 0. The minimum absolute atomic E-state index is 0.361. The maximum Gasteiger partial charge on any atom is 0.123 e. The van der Waals surface area contributed by atoms with Gasteiger partial charge < -0.3 is 19.1 Å². The zero-order valence-corrected chi connectivity index (χ0v) is 25.7. The average Bonchev–Trinajstić information content (AvgIpc) is 3.88. The molecule has 42 heavy (non-hydrogen) atoms. The van der Waals surface area contributed by atoms with Crippen molar-refractivity contribution in [2.45, 2.75) is 76.4 Å². The van der Waals surface area contributed by atoms with E-state index in [1.807, 2.05) is 14.2 Å². The monoisotopic (exact) mass is 572 g/mol. The molecule has 0 aromatic rings. The number of aldehydes is 2. The lowest BCUT2D eigenvalue weighted by molar-refractivity contribution is -0.112. The first-order valence-corrected chi connectivity index (χ1v) is 17.3. The molecule has 0 radical (unpaired) electrons. The van der Waals surface area contributed by atoms with Crippen LogP contribution in [0.4, 0.5) is 0 Å². The Morgan fingerprint density at radius 2 is 1.07 bits per heavy atom. The third kappa shape index (κ3) is 5.27. The van der Waals surface area contributed by atoms with Crippen LogP contribution in [0.1, 0.15) is 64.2 Å². The Bertz CT molecular complexity index is 1060. The number of rotatable bonds is 4. The molecular weight excluding hydrogens is 520 g/mol. The highest BCUT2D eigenvalue weighted by Crippen LogP contribution is 2.58. The van der Waals surface area contributed by atoms with Gasteiger partial charge in [-0.25, -0.2) is 0 Å². The van der Waals surface area contributed by atoms with E-state index in [4.69, 9.17) is 9.47 Å². The van der Waals surface area contributed by atoms with Gasteiger partial charge in [-0.1, -0.05) is 48.6 Å². The zero-order chi connectivity index (χ0) is 28.8. The molecule has 16 atom stereocenters. The fourth-order valence-electron chi connectivity index (χ4n) is 11.5. The van der Waals surface area contributed by atoms with E-state index in [0.717, 1.165) is 84.6 Å². The second-order valence-electron chi connectivity index (χ2n) is 15.3. The van der Waals surface area contributed by atoms with Crippen LogP contribution in [0, 0.1) is 82.9 Å². The predicted octanol–water partition coefficient (Wildman–Crippen LogP) is 7.26. The standard InChI is InChI=1S/2C11H16O.2C8H10O/c2*1-12-11-6-7-5-10(11)9-4-2-3-8(7)9;2*9-5-8-4-6-1-2-7(8)3-6/h2,4,7-11H,3,5-6H2,1H3;2-3,7-11H,4-6H2,1H3;2*1-2,5-8H,3-4H2. The van der Waals surface area contributed by atoms with Crippen LogP contribution in [-0.2, 0) is 19.1 Å². The summed E-state index contributed by atoms with van der Waals surface area (Å²) in [5.74, 6) is 10.9. The van der Waals surface area contributed by atoms with Crippen molar-refractivity contribution in [2.75, 3.05) is 14.2 Å². The molecule has 6 saturated carbocycles. The highest BCUT2D eigenvalue weighted by molar-refractivity contribution is 5.56. The molecule has 4 heteroatoms. The van der Waals surface area contributed by atoms with Crippen LogP contribution >= 0.6 is 0 Å². The van der Waals surface area contributed by atoms with E-state index in [9.17, 15) is 9.59 Å². The first-order chi connectivity index (χ1) is 20.6. The Morgan fingerprint density at radius 3 is 1.60 bits per heavy atom. The Kier molecular flexibility index (Phi) is 8.49. The summed E-state index contributed by atoms with van der Waals surface area (Å²) in [5.41, 5.74) is 0. The molecule has 10 aliphatic carbocycles. The van der Waals surface area contributed by atoms with E-state index in [-0.39, 0.29) is 0 Å². The van der Waals surface area contributed by atoms with Gasteiger partial charge in [0, 0.05) is 26.1 Å². The van der Waals surface area contributed by atoms with Crippen LogP contribution in [0.2, 0.25) is 0 Å². The van der Waals surface area contributed by atoms with Gasteiger partial charge in [-0.15, -0.1) is 0 Å². The molecule has 10 rings (SSSR count). The van der Waals surface area contributed by atoms with Gasteiger partial charge in [0.05, 0.1) is 12.2 Å². The molecule has 16 unspecified atom stereocenters. The topological polar surface area (TPSA) is 52.6 Å². The Morgan fingerprint density at radius 1 is 0.524 bits per heavy atom. The van der Waals surface area contributed by atoms with Crippen molar-refractivity contribution in [3.63, 3.8) is 0 Å². The van der Waals surface area contributed by atoms with Crippen molar-refractivity contribution in [2.24, 2.45) is 82.9 Å². The molecule has 10 aliphatic rings. The maximum absolute atomic E-state index is 10.4. The predicted molar refractivity (Wildman–Crippen MR) is 165 cm³/mol. The molecular formula is C38H52O4. The molecule has 0 spiro atoms. The summed E-state index contributed by atoms with van der Waals surface area (Å²) < 4.78 is 11.0. The van der Waals surface area contributed by atoms with Crippen LogP contribution < -0.4 is 0 Å². The van der Waals surface area contributed by atoms with E-state index in [2.05, 4.69) is 48.6 Å². The smallest absolute Gasteiger partial charge is 0.123 e. The lowest BCUT2D eigenvalue weighted by Gasteiger charge is -2.30. The summed E-state index contributed by atoms with van der Waals surface area (Å²) in [6.45, 7) is 0. The van der Waals surface area contributed by atoms with Gasteiger partial charge in [-0.05, 0) is 135 Å². The molecule has 0 N–H and O–H groups in total. The molecule has 0 aromatic heterocycles.